The molecule has 0 radical (unpaired) electrons. The second kappa shape index (κ2) is 10.1. The number of nitrogens with one attached hydrogen (secondary N) is 1. The highest BCUT2D eigenvalue weighted by Crippen LogP contribution is 2.29. The van der Waals surface area contributed by atoms with Crippen molar-refractivity contribution < 1.29 is 23.8 Å². The summed E-state index contributed by atoms with van der Waals surface area (Å²) in [6.07, 6.45) is 1.72. The highest BCUT2D eigenvalue weighted by Gasteiger charge is 2.13. The Morgan fingerprint density at radius 1 is 1.20 bits per heavy atom. The molecule has 0 saturated carbocycles. The molecule has 30 heavy (non-hydrogen) atoms. The van der Waals surface area contributed by atoms with Crippen molar-refractivity contribution >= 4 is 23.4 Å². The van der Waals surface area contributed by atoms with Crippen molar-refractivity contribution in [1.82, 2.24) is 9.55 Å². The first-order chi connectivity index (χ1) is 14.5. The number of halogens is 1. The lowest BCUT2D eigenvalue weighted by Gasteiger charge is -2.12. The fourth-order valence-corrected chi connectivity index (χ4v) is 3.56. The van der Waals surface area contributed by atoms with Gasteiger partial charge in [-0.2, -0.15) is 0 Å². The quantitative estimate of drug-likeness (QED) is 0.506. The highest BCUT2D eigenvalue weighted by molar-refractivity contribution is 7.99. The number of imidazole rings is 1. The predicted molar refractivity (Wildman–Crippen MR) is 113 cm³/mol. The first-order valence-corrected chi connectivity index (χ1v) is 10.1. The smallest absolute Gasteiger partial charge is 0.234 e. The minimum Gasteiger partial charge on any atom is -0.497 e. The van der Waals surface area contributed by atoms with Gasteiger partial charge in [0.05, 0.1) is 38.0 Å². The van der Waals surface area contributed by atoms with Gasteiger partial charge in [-0.3, -0.25) is 4.79 Å². The Labute approximate surface area is 177 Å². The minimum absolute atomic E-state index is 0.112. The number of amides is 1. The van der Waals surface area contributed by atoms with Gasteiger partial charge in [-0.15, -0.1) is 0 Å². The zero-order chi connectivity index (χ0) is 21.5. The number of aliphatic hydroxyl groups is 1. The number of nitrogens with zero attached hydrogens (tertiary/aromatic N) is 2. The lowest BCUT2D eigenvalue weighted by atomic mass is 10.2. The Hall–Kier alpha value is -3.04. The van der Waals surface area contributed by atoms with Crippen LogP contribution in [0.15, 0.2) is 53.8 Å². The molecule has 7 nitrogen and oxygen atoms in total. The predicted octanol–water partition coefficient (Wildman–Crippen LogP) is 3.31. The van der Waals surface area contributed by atoms with Crippen LogP contribution in [0.4, 0.5) is 10.1 Å². The molecule has 1 aromatic heterocycles. The Balaban J connectivity index is 1.67. The molecule has 0 aliphatic carbocycles. The Morgan fingerprint density at radius 3 is 2.63 bits per heavy atom. The normalized spacial score (nSPS) is 10.7. The number of methoxy groups -OCH3 is 2. The monoisotopic (exact) mass is 431 g/mol. The van der Waals surface area contributed by atoms with Crippen LogP contribution in [0.25, 0.3) is 0 Å². The van der Waals surface area contributed by atoms with Crippen LogP contribution < -0.4 is 14.8 Å². The molecular formula is C21H22FN3O4S. The standard InChI is InChI=1S/C21H22FN3O4S/c1-28-17-7-8-18(19(9-17)29-2)24-20(27)13-30-21-23-16(12-26)11-25(21)10-14-3-5-15(22)6-4-14/h3-9,11,26H,10,12-13H2,1-2H3,(H,24,27). The fourth-order valence-electron chi connectivity index (χ4n) is 2.76. The zero-order valence-corrected chi connectivity index (χ0v) is 17.4. The van der Waals surface area contributed by atoms with E-state index < -0.39 is 0 Å². The summed E-state index contributed by atoms with van der Waals surface area (Å²) < 4.78 is 25.4. The van der Waals surface area contributed by atoms with Gasteiger partial charge < -0.3 is 24.5 Å². The van der Waals surface area contributed by atoms with Crippen molar-refractivity contribution in [2.75, 3.05) is 25.3 Å². The van der Waals surface area contributed by atoms with Gasteiger partial charge in [-0.1, -0.05) is 23.9 Å². The average molecular weight is 431 g/mol. The van der Waals surface area contributed by atoms with E-state index in [2.05, 4.69) is 10.3 Å². The molecule has 0 saturated heterocycles. The SMILES string of the molecule is COc1ccc(NC(=O)CSc2nc(CO)cn2Cc2ccc(F)cc2)c(OC)c1. The summed E-state index contributed by atoms with van der Waals surface area (Å²) in [7, 11) is 3.07. The van der Waals surface area contributed by atoms with Crippen LogP contribution in [0, 0.1) is 5.82 Å². The molecule has 0 aliphatic heterocycles. The highest BCUT2D eigenvalue weighted by atomic mass is 32.2. The van der Waals surface area contributed by atoms with Crippen molar-refractivity contribution in [3.63, 3.8) is 0 Å². The first-order valence-electron chi connectivity index (χ1n) is 9.08. The molecule has 158 valence electrons. The number of ether oxygens (including phenoxy) is 2. The van der Waals surface area contributed by atoms with Crippen LogP contribution in [0.2, 0.25) is 0 Å². The number of aliphatic hydroxyl groups excluding tert-OH is 1. The van der Waals surface area contributed by atoms with Crippen LogP contribution in [0.3, 0.4) is 0 Å². The number of aromatic nitrogens is 2. The second-order valence-electron chi connectivity index (χ2n) is 6.33. The number of benzene rings is 2. The lowest BCUT2D eigenvalue weighted by molar-refractivity contribution is -0.113. The summed E-state index contributed by atoms with van der Waals surface area (Å²) in [6.45, 7) is 0.239. The molecule has 0 bridgehead atoms. The maximum absolute atomic E-state index is 13.1. The van der Waals surface area contributed by atoms with Crippen molar-refractivity contribution in [1.29, 1.82) is 0 Å². The summed E-state index contributed by atoms with van der Waals surface area (Å²) in [5.41, 5.74) is 1.92. The molecule has 3 rings (SSSR count). The van der Waals surface area contributed by atoms with E-state index in [0.717, 1.165) is 5.56 Å². The van der Waals surface area contributed by atoms with E-state index in [0.29, 0.717) is 34.6 Å². The number of rotatable bonds is 9. The third-order valence-corrected chi connectivity index (χ3v) is 5.22. The van der Waals surface area contributed by atoms with E-state index in [1.165, 1.54) is 31.0 Å². The molecule has 2 N–H and O–H groups in total. The summed E-state index contributed by atoms with van der Waals surface area (Å²) in [5, 5.41) is 12.8. The van der Waals surface area contributed by atoms with Crippen LogP contribution >= 0.6 is 11.8 Å². The number of thioether (sulfide) groups is 1. The van der Waals surface area contributed by atoms with Gasteiger partial charge in [0.2, 0.25) is 5.91 Å². The largest absolute Gasteiger partial charge is 0.497 e. The van der Waals surface area contributed by atoms with Crippen molar-refractivity contribution in [2.45, 2.75) is 18.3 Å². The molecular weight excluding hydrogens is 409 g/mol. The lowest BCUT2D eigenvalue weighted by Crippen LogP contribution is -2.15. The summed E-state index contributed by atoms with van der Waals surface area (Å²) in [4.78, 5) is 16.8. The maximum atomic E-state index is 13.1. The van der Waals surface area contributed by atoms with E-state index in [4.69, 9.17) is 9.47 Å². The van der Waals surface area contributed by atoms with Crippen molar-refractivity contribution in [3.05, 3.63) is 65.7 Å². The van der Waals surface area contributed by atoms with Crippen LogP contribution in [0.5, 0.6) is 11.5 Å². The number of hydrogen-bond acceptors (Lipinski definition) is 6. The number of hydrogen-bond donors (Lipinski definition) is 2. The van der Waals surface area contributed by atoms with E-state index in [1.807, 2.05) is 4.57 Å². The number of carbonyl (C=O) groups excluding carboxylic acids is 1. The molecule has 0 fully saturated rings. The Morgan fingerprint density at radius 2 is 1.97 bits per heavy atom. The average Bonchev–Trinajstić information content (AvgIpc) is 3.16. The minimum atomic E-state index is -0.305. The number of anilines is 1. The molecule has 0 aliphatic rings. The first kappa shape index (κ1) is 21.7. The molecule has 3 aromatic rings. The van der Waals surface area contributed by atoms with Gasteiger partial charge in [0.15, 0.2) is 5.16 Å². The van der Waals surface area contributed by atoms with E-state index in [-0.39, 0.29) is 24.1 Å². The molecule has 2 aromatic carbocycles. The maximum Gasteiger partial charge on any atom is 0.234 e. The Kier molecular flexibility index (Phi) is 7.31. The molecule has 0 atom stereocenters. The molecule has 1 amide bonds. The third-order valence-electron chi connectivity index (χ3n) is 4.23. The van der Waals surface area contributed by atoms with Crippen LogP contribution in [-0.2, 0) is 17.9 Å². The fraction of sp³-hybridized carbons (Fsp3) is 0.238. The van der Waals surface area contributed by atoms with Gasteiger partial charge in [-0.05, 0) is 29.8 Å². The van der Waals surface area contributed by atoms with Crippen molar-refractivity contribution in [2.24, 2.45) is 0 Å². The van der Waals surface area contributed by atoms with Gasteiger partial charge in [-0.25, -0.2) is 9.37 Å². The Bertz CT molecular complexity index is 1010. The third kappa shape index (κ3) is 5.52. The van der Waals surface area contributed by atoms with Crippen molar-refractivity contribution in [3.8, 4) is 11.5 Å². The molecule has 9 heteroatoms. The van der Waals surface area contributed by atoms with Crippen LogP contribution in [0.1, 0.15) is 11.3 Å². The van der Waals surface area contributed by atoms with E-state index in [9.17, 15) is 14.3 Å². The summed E-state index contributed by atoms with van der Waals surface area (Å²) >= 11 is 1.24. The van der Waals surface area contributed by atoms with E-state index in [1.54, 1.807) is 43.6 Å². The molecule has 0 unspecified atom stereocenters. The second-order valence-corrected chi connectivity index (χ2v) is 7.27. The summed E-state index contributed by atoms with van der Waals surface area (Å²) in [5.74, 6) is 0.693. The molecule has 0 spiro atoms. The van der Waals surface area contributed by atoms with Gasteiger partial charge in [0.1, 0.15) is 17.3 Å². The summed E-state index contributed by atoms with van der Waals surface area (Å²) in [6, 6.07) is 11.3. The topological polar surface area (TPSA) is 85.6 Å². The van der Waals surface area contributed by atoms with Gasteiger partial charge in [0.25, 0.3) is 0 Å². The van der Waals surface area contributed by atoms with Gasteiger partial charge >= 0.3 is 0 Å². The molecule has 1 heterocycles. The zero-order valence-electron chi connectivity index (χ0n) is 16.6. The van der Waals surface area contributed by atoms with E-state index >= 15 is 0 Å². The van der Waals surface area contributed by atoms with Crippen LogP contribution in [-0.4, -0.2) is 40.5 Å². The number of carbonyl (C=O) groups is 1. The van der Waals surface area contributed by atoms with Gasteiger partial charge in [0, 0.05) is 18.8 Å².